The molecule has 0 bridgehead atoms. The molecule has 1 amide bonds. The van der Waals surface area contributed by atoms with Gasteiger partial charge in [-0.05, 0) is 48.9 Å². The molecule has 0 aliphatic heterocycles. The molecule has 2 aromatic carbocycles. The molecule has 0 aromatic heterocycles. The highest BCUT2D eigenvalue weighted by Crippen LogP contribution is 2.17. The highest BCUT2D eigenvalue weighted by atomic mass is 35.5. The van der Waals surface area contributed by atoms with Crippen LogP contribution in [0.25, 0.3) is 0 Å². The molecular formula is C16H12ClNO. The topological polar surface area (TPSA) is 29.1 Å². The van der Waals surface area contributed by atoms with Crippen LogP contribution in [0.1, 0.15) is 21.5 Å². The van der Waals surface area contributed by atoms with Crippen molar-refractivity contribution in [3.05, 3.63) is 64.2 Å². The van der Waals surface area contributed by atoms with E-state index in [0.29, 0.717) is 16.3 Å². The van der Waals surface area contributed by atoms with E-state index in [2.05, 4.69) is 11.2 Å². The second kappa shape index (κ2) is 5.60. The van der Waals surface area contributed by atoms with Gasteiger partial charge in [0.25, 0.3) is 5.91 Å². The van der Waals surface area contributed by atoms with Gasteiger partial charge in [0.2, 0.25) is 0 Å². The number of hydrogen-bond acceptors (Lipinski definition) is 1. The number of halogens is 1. The Morgan fingerprint density at radius 3 is 2.74 bits per heavy atom. The minimum atomic E-state index is -0.177. The van der Waals surface area contributed by atoms with Gasteiger partial charge in [0, 0.05) is 21.8 Å². The highest BCUT2D eigenvalue weighted by molar-refractivity contribution is 6.30. The van der Waals surface area contributed by atoms with E-state index in [1.54, 1.807) is 36.4 Å². The maximum atomic E-state index is 12.1. The quantitative estimate of drug-likeness (QED) is 0.824. The zero-order chi connectivity index (χ0) is 13.8. The molecule has 0 fully saturated rings. The minimum absolute atomic E-state index is 0.177. The van der Waals surface area contributed by atoms with Crippen molar-refractivity contribution >= 4 is 23.2 Å². The summed E-state index contributed by atoms with van der Waals surface area (Å²) in [6.07, 6.45) is 5.32. The third kappa shape index (κ3) is 3.15. The second-order valence-corrected chi connectivity index (χ2v) is 4.57. The van der Waals surface area contributed by atoms with Crippen molar-refractivity contribution in [2.45, 2.75) is 6.92 Å². The first-order valence-electron chi connectivity index (χ1n) is 5.74. The summed E-state index contributed by atoms with van der Waals surface area (Å²) in [5.41, 5.74) is 2.83. The number of nitrogens with one attached hydrogen (secondary N) is 1. The van der Waals surface area contributed by atoms with Crippen LogP contribution in [0.4, 0.5) is 5.69 Å². The molecule has 0 heterocycles. The lowest BCUT2D eigenvalue weighted by atomic mass is 10.1. The number of benzene rings is 2. The molecule has 1 N–H and O–H groups in total. The van der Waals surface area contributed by atoms with Crippen LogP contribution in [0.3, 0.4) is 0 Å². The second-order valence-electron chi connectivity index (χ2n) is 4.14. The Labute approximate surface area is 117 Å². The number of carbonyl (C=O) groups is 1. The van der Waals surface area contributed by atoms with Crippen LogP contribution >= 0.6 is 11.6 Å². The van der Waals surface area contributed by atoms with Crippen LogP contribution in [0, 0.1) is 19.3 Å². The van der Waals surface area contributed by atoms with Gasteiger partial charge in [0.15, 0.2) is 0 Å². The standard InChI is InChI=1S/C16H12ClNO/c1-3-12-5-4-6-14(10-12)18-16(19)15-8-7-13(17)9-11(15)2/h1,4-10H,2H3,(H,18,19). The van der Waals surface area contributed by atoms with Crippen LogP contribution in [-0.4, -0.2) is 5.91 Å². The average molecular weight is 270 g/mol. The highest BCUT2D eigenvalue weighted by Gasteiger charge is 2.09. The van der Waals surface area contributed by atoms with Gasteiger partial charge in [-0.2, -0.15) is 0 Å². The fourth-order valence-electron chi connectivity index (χ4n) is 1.77. The Kier molecular flexibility index (Phi) is 3.89. The SMILES string of the molecule is C#Cc1cccc(NC(=O)c2ccc(Cl)cc2C)c1. The summed E-state index contributed by atoms with van der Waals surface area (Å²) in [6.45, 7) is 1.85. The van der Waals surface area contributed by atoms with E-state index in [-0.39, 0.29) is 5.91 Å². The van der Waals surface area contributed by atoms with Crippen LogP contribution in [0.15, 0.2) is 42.5 Å². The Morgan fingerprint density at radius 2 is 2.05 bits per heavy atom. The molecule has 0 aliphatic carbocycles. The summed E-state index contributed by atoms with van der Waals surface area (Å²) in [4.78, 5) is 12.1. The first-order chi connectivity index (χ1) is 9.10. The lowest BCUT2D eigenvalue weighted by Crippen LogP contribution is -2.13. The largest absolute Gasteiger partial charge is 0.322 e. The third-order valence-corrected chi connectivity index (χ3v) is 2.96. The van der Waals surface area contributed by atoms with Crippen LogP contribution in [0.5, 0.6) is 0 Å². The maximum absolute atomic E-state index is 12.1. The number of carbonyl (C=O) groups excluding carboxylic acids is 1. The Bertz CT molecular complexity index is 671. The average Bonchev–Trinajstić information content (AvgIpc) is 2.38. The van der Waals surface area contributed by atoms with Crippen LogP contribution in [-0.2, 0) is 0 Å². The molecule has 0 saturated heterocycles. The van der Waals surface area contributed by atoms with Gasteiger partial charge in [-0.15, -0.1) is 6.42 Å². The lowest BCUT2D eigenvalue weighted by molar-refractivity contribution is 0.102. The zero-order valence-electron chi connectivity index (χ0n) is 10.4. The predicted octanol–water partition coefficient (Wildman–Crippen LogP) is 3.88. The molecule has 0 unspecified atom stereocenters. The molecule has 0 radical (unpaired) electrons. The van der Waals surface area contributed by atoms with E-state index in [4.69, 9.17) is 18.0 Å². The third-order valence-electron chi connectivity index (χ3n) is 2.72. The van der Waals surface area contributed by atoms with Gasteiger partial charge in [0.1, 0.15) is 0 Å². The van der Waals surface area contributed by atoms with Gasteiger partial charge in [-0.25, -0.2) is 0 Å². The first-order valence-corrected chi connectivity index (χ1v) is 6.12. The minimum Gasteiger partial charge on any atom is -0.322 e. The molecular weight excluding hydrogens is 258 g/mol. The van der Waals surface area contributed by atoms with Crippen LogP contribution < -0.4 is 5.32 Å². The summed E-state index contributed by atoms with van der Waals surface area (Å²) in [7, 11) is 0. The summed E-state index contributed by atoms with van der Waals surface area (Å²) >= 11 is 5.87. The number of terminal acetylenes is 1. The maximum Gasteiger partial charge on any atom is 0.255 e. The number of rotatable bonds is 2. The van der Waals surface area contributed by atoms with E-state index in [0.717, 1.165) is 11.1 Å². The van der Waals surface area contributed by atoms with E-state index >= 15 is 0 Å². The van der Waals surface area contributed by atoms with Crippen molar-refractivity contribution in [2.75, 3.05) is 5.32 Å². The smallest absolute Gasteiger partial charge is 0.255 e. The molecule has 0 spiro atoms. The number of hydrogen-bond donors (Lipinski definition) is 1. The van der Waals surface area contributed by atoms with E-state index < -0.39 is 0 Å². The fraction of sp³-hybridized carbons (Fsp3) is 0.0625. The summed E-state index contributed by atoms with van der Waals surface area (Å²) < 4.78 is 0. The van der Waals surface area contributed by atoms with Crippen molar-refractivity contribution in [1.29, 1.82) is 0 Å². The Hall–Kier alpha value is -2.24. The van der Waals surface area contributed by atoms with Gasteiger partial charge < -0.3 is 5.32 Å². The van der Waals surface area contributed by atoms with Crippen molar-refractivity contribution in [3.8, 4) is 12.3 Å². The fourth-order valence-corrected chi connectivity index (χ4v) is 1.99. The predicted molar refractivity (Wildman–Crippen MR) is 78.5 cm³/mol. The van der Waals surface area contributed by atoms with E-state index in [1.807, 2.05) is 13.0 Å². The van der Waals surface area contributed by atoms with Crippen molar-refractivity contribution in [1.82, 2.24) is 0 Å². The first kappa shape index (κ1) is 13.2. The monoisotopic (exact) mass is 269 g/mol. The summed E-state index contributed by atoms with van der Waals surface area (Å²) in [5, 5.41) is 3.43. The molecule has 2 aromatic rings. The Morgan fingerprint density at radius 1 is 1.26 bits per heavy atom. The zero-order valence-corrected chi connectivity index (χ0v) is 11.2. The van der Waals surface area contributed by atoms with E-state index in [9.17, 15) is 4.79 Å². The molecule has 19 heavy (non-hydrogen) atoms. The Balaban J connectivity index is 2.23. The number of amides is 1. The van der Waals surface area contributed by atoms with E-state index in [1.165, 1.54) is 0 Å². The van der Waals surface area contributed by atoms with Gasteiger partial charge in [0.05, 0.1) is 0 Å². The number of aryl methyl sites for hydroxylation is 1. The molecule has 0 atom stereocenters. The van der Waals surface area contributed by atoms with Gasteiger partial charge >= 0.3 is 0 Å². The normalized spacial score (nSPS) is 9.74. The number of anilines is 1. The van der Waals surface area contributed by atoms with Gasteiger partial charge in [-0.3, -0.25) is 4.79 Å². The van der Waals surface area contributed by atoms with Crippen molar-refractivity contribution < 1.29 is 4.79 Å². The molecule has 94 valence electrons. The molecule has 2 nitrogen and oxygen atoms in total. The van der Waals surface area contributed by atoms with Crippen molar-refractivity contribution in [3.63, 3.8) is 0 Å². The van der Waals surface area contributed by atoms with Gasteiger partial charge in [-0.1, -0.05) is 23.6 Å². The molecule has 0 aliphatic rings. The lowest BCUT2D eigenvalue weighted by Gasteiger charge is -2.08. The molecule has 0 saturated carbocycles. The molecule has 3 heteroatoms. The van der Waals surface area contributed by atoms with Crippen LogP contribution in [0.2, 0.25) is 5.02 Å². The summed E-state index contributed by atoms with van der Waals surface area (Å²) in [5.74, 6) is 2.35. The molecule has 2 rings (SSSR count). The summed E-state index contributed by atoms with van der Waals surface area (Å²) in [6, 6.07) is 12.3. The van der Waals surface area contributed by atoms with Crippen molar-refractivity contribution in [2.24, 2.45) is 0 Å².